The molecule has 1 fully saturated rings. The highest BCUT2D eigenvalue weighted by Gasteiger charge is 2.29. The third-order valence-electron chi connectivity index (χ3n) is 4.23. The third-order valence-corrected chi connectivity index (χ3v) is 4.47. The lowest BCUT2D eigenvalue weighted by molar-refractivity contribution is -0.145. The van der Waals surface area contributed by atoms with Crippen LogP contribution >= 0.6 is 11.6 Å². The lowest BCUT2D eigenvalue weighted by Crippen LogP contribution is -2.46. The number of carbonyl (C=O) groups is 3. The fourth-order valence-electron chi connectivity index (χ4n) is 2.83. The van der Waals surface area contributed by atoms with Crippen molar-refractivity contribution in [3.8, 4) is 5.75 Å². The minimum Gasteiger partial charge on any atom is -0.496 e. The molecule has 136 valence electrons. The Bertz CT molecular complexity index is 679. The molecular weight excluding hydrogens is 348 g/mol. The van der Waals surface area contributed by atoms with Crippen molar-refractivity contribution in [2.45, 2.75) is 12.8 Å². The highest BCUT2D eigenvalue weighted by Crippen LogP contribution is 2.24. The molecule has 1 unspecified atom stereocenters. The Morgan fingerprint density at radius 1 is 1.40 bits per heavy atom. The number of rotatable bonds is 5. The standard InChI is InChI=1S/C17H21ClN2O5/c1-19(16(22)13-8-12(18)5-6-14(13)25-2)10-15(21)20-7-3-4-11(9-20)17(23)24/h5-6,8,11H,3-4,7,9-10H2,1-2H3,(H,23,24). The average molecular weight is 369 g/mol. The van der Waals surface area contributed by atoms with Crippen LogP contribution in [0.15, 0.2) is 18.2 Å². The summed E-state index contributed by atoms with van der Waals surface area (Å²) in [6.07, 6.45) is 1.20. The maximum atomic E-state index is 12.6. The molecule has 1 heterocycles. The molecule has 0 spiro atoms. The molecule has 1 N–H and O–H groups in total. The summed E-state index contributed by atoms with van der Waals surface area (Å²) in [7, 11) is 2.96. The Balaban J connectivity index is 2.04. The smallest absolute Gasteiger partial charge is 0.308 e. The molecule has 1 aromatic carbocycles. The molecule has 8 heteroatoms. The SMILES string of the molecule is COc1ccc(Cl)cc1C(=O)N(C)CC(=O)N1CCCC(C(=O)O)C1. The van der Waals surface area contributed by atoms with E-state index >= 15 is 0 Å². The Morgan fingerprint density at radius 2 is 2.12 bits per heavy atom. The Hall–Kier alpha value is -2.28. The molecule has 0 saturated carbocycles. The first kappa shape index (κ1) is 19.1. The Morgan fingerprint density at radius 3 is 2.76 bits per heavy atom. The van der Waals surface area contributed by atoms with E-state index in [2.05, 4.69) is 0 Å². The van der Waals surface area contributed by atoms with E-state index in [4.69, 9.17) is 21.4 Å². The van der Waals surface area contributed by atoms with Crippen molar-refractivity contribution in [3.05, 3.63) is 28.8 Å². The van der Waals surface area contributed by atoms with Crippen LogP contribution in [0.5, 0.6) is 5.75 Å². The Kier molecular flexibility index (Phi) is 6.25. The summed E-state index contributed by atoms with van der Waals surface area (Å²) >= 11 is 5.94. The molecule has 25 heavy (non-hydrogen) atoms. The number of carboxylic acids is 1. The van der Waals surface area contributed by atoms with Crippen LogP contribution in [0.1, 0.15) is 23.2 Å². The number of amides is 2. The normalized spacial score (nSPS) is 17.1. The van der Waals surface area contributed by atoms with E-state index in [0.717, 1.165) is 0 Å². The number of hydrogen-bond acceptors (Lipinski definition) is 4. The van der Waals surface area contributed by atoms with E-state index in [1.807, 2.05) is 0 Å². The van der Waals surface area contributed by atoms with Gasteiger partial charge in [-0.2, -0.15) is 0 Å². The van der Waals surface area contributed by atoms with Gasteiger partial charge in [-0.15, -0.1) is 0 Å². The van der Waals surface area contributed by atoms with Gasteiger partial charge in [-0.1, -0.05) is 11.6 Å². The van der Waals surface area contributed by atoms with Crippen molar-refractivity contribution in [3.63, 3.8) is 0 Å². The summed E-state index contributed by atoms with van der Waals surface area (Å²) in [5, 5.41) is 9.50. The molecule has 0 bridgehead atoms. The van der Waals surface area contributed by atoms with E-state index in [1.54, 1.807) is 12.1 Å². The zero-order valence-corrected chi connectivity index (χ0v) is 15.0. The highest BCUT2D eigenvalue weighted by atomic mass is 35.5. The van der Waals surface area contributed by atoms with E-state index in [9.17, 15) is 14.4 Å². The molecule has 0 aromatic heterocycles. The minimum absolute atomic E-state index is 0.138. The predicted octanol–water partition coefficient (Wildman–Crippen LogP) is 1.74. The zero-order chi connectivity index (χ0) is 18.6. The first-order chi connectivity index (χ1) is 11.8. The number of ether oxygens (including phenoxy) is 1. The quantitative estimate of drug-likeness (QED) is 0.855. The van der Waals surface area contributed by atoms with Gasteiger partial charge < -0.3 is 19.6 Å². The van der Waals surface area contributed by atoms with Gasteiger partial charge in [0, 0.05) is 25.2 Å². The number of piperidine rings is 1. The van der Waals surface area contributed by atoms with Gasteiger partial charge in [0.05, 0.1) is 25.1 Å². The summed E-state index contributed by atoms with van der Waals surface area (Å²) in [5.41, 5.74) is 0.271. The molecule has 0 aliphatic carbocycles. The largest absolute Gasteiger partial charge is 0.496 e. The van der Waals surface area contributed by atoms with Crippen LogP contribution in [0.25, 0.3) is 0 Å². The monoisotopic (exact) mass is 368 g/mol. The summed E-state index contributed by atoms with van der Waals surface area (Å²) < 4.78 is 5.17. The number of likely N-dealkylation sites (tertiary alicyclic amines) is 1. The lowest BCUT2D eigenvalue weighted by Gasteiger charge is -2.32. The molecule has 0 radical (unpaired) electrons. The molecule has 1 aliphatic rings. The second-order valence-electron chi connectivity index (χ2n) is 6.02. The van der Waals surface area contributed by atoms with Crippen LogP contribution < -0.4 is 4.74 Å². The number of likely N-dealkylation sites (N-methyl/N-ethyl adjacent to an activating group) is 1. The van der Waals surface area contributed by atoms with Crippen LogP contribution in [0, 0.1) is 5.92 Å². The third kappa shape index (κ3) is 4.63. The number of carboxylic acid groups (broad SMARTS) is 1. The van der Waals surface area contributed by atoms with Crippen LogP contribution in [0.2, 0.25) is 5.02 Å². The molecule has 7 nitrogen and oxygen atoms in total. The molecule has 1 atom stereocenters. The van der Waals surface area contributed by atoms with Crippen molar-refractivity contribution >= 4 is 29.4 Å². The lowest BCUT2D eigenvalue weighted by atomic mass is 9.98. The van der Waals surface area contributed by atoms with Gasteiger partial charge in [-0.05, 0) is 31.0 Å². The Labute approximate surface area is 151 Å². The van der Waals surface area contributed by atoms with E-state index in [0.29, 0.717) is 30.2 Å². The first-order valence-electron chi connectivity index (χ1n) is 7.93. The van der Waals surface area contributed by atoms with Crippen molar-refractivity contribution < 1.29 is 24.2 Å². The predicted molar refractivity (Wildman–Crippen MR) is 91.9 cm³/mol. The number of benzene rings is 1. The maximum Gasteiger partial charge on any atom is 0.308 e. The van der Waals surface area contributed by atoms with Crippen LogP contribution in [-0.2, 0) is 9.59 Å². The zero-order valence-electron chi connectivity index (χ0n) is 14.2. The molecule has 2 amide bonds. The highest BCUT2D eigenvalue weighted by molar-refractivity contribution is 6.31. The number of hydrogen-bond donors (Lipinski definition) is 1. The molecule has 2 rings (SSSR count). The number of methoxy groups -OCH3 is 1. The van der Waals surface area contributed by atoms with Gasteiger partial charge in [0.1, 0.15) is 5.75 Å². The van der Waals surface area contributed by atoms with Gasteiger partial charge in [-0.3, -0.25) is 14.4 Å². The van der Waals surface area contributed by atoms with Crippen molar-refractivity contribution in [2.75, 3.05) is 33.8 Å². The van der Waals surface area contributed by atoms with E-state index in [-0.39, 0.29) is 30.5 Å². The number of nitrogens with zero attached hydrogens (tertiary/aromatic N) is 2. The van der Waals surface area contributed by atoms with Crippen LogP contribution in [0.4, 0.5) is 0 Å². The second kappa shape index (κ2) is 8.20. The van der Waals surface area contributed by atoms with Crippen LogP contribution in [-0.4, -0.2) is 66.5 Å². The van der Waals surface area contributed by atoms with E-state index < -0.39 is 11.9 Å². The van der Waals surface area contributed by atoms with Crippen molar-refractivity contribution in [1.82, 2.24) is 9.80 Å². The van der Waals surface area contributed by atoms with Gasteiger partial charge >= 0.3 is 5.97 Å². The minimum atomic E-state index is -0.898. The number of aliphatic carboxylic acids is 1. The van der Waals surface area contributed by atoms with Crippen LogP contribution in [0.3, 0.4) is 0 Å². The molecule has 1 saturated heterocycles. The fourth-order valence-corrected chi connectivity index (χ4v) is 3.00. The number of carbonyl (C=O) groups excluding carboxylic acids is 2. The number of halogens is 1. The fraction of sp³-hybridized carbons (Fsp3) is 0.471. The second-order valence-corrected chi connectivity index (χ2v) is 6.46. The first-order valence-corrected chi connectivity index (χ1v) is 8.31. The summed E-state index contributed by atoms with van der Waals surface area (Å²) in [6, 6.07) is 4.69. The molecular formula is C17H21ClN2O5. The van der Waals surface area contributed by atoms with Gasteiger partial charge in [-0.25, -0.2) is 0 Å². The summed E-state index contributed by atoms with van der Waals surface area (Å²) in [4.78, 5) is 38.9. The molecule has 1 aromatic rings. The molecule has 1 aliphatic heterocycles. The maximum absolute atomic E-state index is 12.6. The van der Waals surface area contributed by atoms with Gasteiger partial charge in [0.25, 0.3) is 5.91 Å². The van der Waals surface area contributed by atoms with Crippen molar-refractivity contribution in [2.24, 2.45) is 5.92 Å². The topological polar surface area (TPSA) is 87.2 Å². The van der Waals surface area contributed by atoms with Crippen molar-refractivity contribution in [1.29, 1.82) is 0 Å². The summed E-state index contributed by atoms with van der Waals surface area (Å²) in [5.74, 6) is -1.74. The average Bonchev–Trinajstić information content (AvgIpc) is 2.60. The van der Waals surface area contributed by atoms with Gasteiger partial charge in [0.2, 0.25) is 5.91 Å². The van der Waals surface area contributed by atoms with Gasteiger partial charge in [0.15, 0.2) is 0 Å². The van der Waals surface area contributed by atoms with E-state index in [1.165, 1.54) is 30.0 Å². The summed E-state index contributed by atoms with van der Waals surface area (Å²) in [6.45, 7) is 0.544.